The van der Waals surface area contributed by atoms with Crippen molar-refractivity contribution in [2.75, 3.05) is 5.73 Å². The van der Waals surface area contributed by atoms with Gasteiger partial charge in [0.1, 0.15) is 5.00 Å². The van der Waals surface area contributed by atoms with E-state index in [1.807, 2.05) is 0 Å². The lowest BCUT2D eigenvalue weighted by atomic mass is 10.0. The second kappa shape index (κ2) is 5.84. The van der Waals surface area contributed by atoms with Gasteiger partial charge in [-0.15, -0.1) is 11.3 Å². The molecule has 1 unspecified atom stereocenters. The monoisotopic (exact) mass is 242 g/mol. The largest absolute Gasteiger partial charge is 0.476 e. The summed E-state index contributed by atoms with van der Waals surface area (Å²) in [5.74, 6) is -0.689. The number of thiazole rings is 1. The zero-order valence-corrected chi connectivity index (χ0v) is 10.5. The van der Waals surface area contributed by atoms with Gasteiger partial charge in [0.15, 0.2) is 5.69 Å². The first kappa shape index (κ1) is 13.0. The van der Waals surface area contributed by atoms with E-state index in [0.717, 1.165) is 30.7 Å². The topological polar surface area (TPSA) is 76.2 Å². The standard InChI is InChI=1S/C11H18N2O2S/c1-3-5-6-7(4-2)10-13-8(11(14)15)9(12)16-10/h7H,3-6,12H2,1-2H3,(H,14,15). The molecule has 5 heteroatoms. The van der Waals surface area contributed by atoms with E-state index in [2.05, 4.69) is 18.8 Å². The predicted octanol–water partition coefficient (Wildman–Crippen LogP) is 3.11. The quantitative estimate of drug-likeness (QED) is 0.803. The van der Waals surface area contributed by atoms with Crippen molar-refractivity contribution in [3.8, 4) is 0 Å². The van der Waals surface area contributed by atoms with Gasteiger partial charge < -0.3 is 10.8 Å². The van der Waals surface area contributed by atoms with Gasteiger partial charge in [-0.1, -0.05) is 26.7 Å². The number of unbranched alkanes of at least 4 members (excludes halogenated alkanes) is 1. The molecular formula is C11H18N2O2S. The summed E-state index contributed by atoms with van der Waals surface area (Å²) in [6.07, 6.45) is 4.31. The highest BCUT2D eigenvalue weighted by Crippen LogP contribution is 2.32. The number of carbonyl (C=O) groups is 1. The number of aromatic nitrogens is 1. The predicted molar refractivity (Wildman–Crippen MR) is 66.0 cm³/mol. The van der Waals surface area contributed by atoms with Gasteiger partial charge in [0.2, 0.25) is 0 Å². The summed E-state index contributed by atoms with van der Waals surface area (Å²) in [6.45, 7) is 4.24. The molecule has 90 valence electrons. The van der Waals surface area contributed by atoms with Gasteiger partial charge in [0.05, 0.1) is 5.01 Å². The first-order chi connectivity index (χ1) is 7.60. The Morgan fingerprint density at radius 2 is 2.25 bits per heavy atom. The lowest BCUT2D eigenvalue weighted by Crippen LogP contribution is -2.02. The second-order valence-corrected chi connectivity index (χ2v) is 4.88. The first-order valence-electron chi connectivity index (χ1n) is 5.59. The van der Waals surface area contributed by atoms with Crippen LogP contribution >= 0.6 is 11.3 Å². The Morgan fingerprint density at radius 3 is 2.69 bits per heavy atom. The molecule has 1 atom stereocenters. The van der Waals surface area contributed by atoms with Gasteiger partial charge in [-0.25, -0.2) is 9.78 Å². The summed E-state index contributed by atoms with van der Waals surface area (Å²) in [6, 6.07) is 0. The molecule has 0 saturated heterocycles. The van der Waals surface area contributed by atoms with Crippen LogP contribution in [0.5, 0.6) is 0 Å². The van der Waals surface area contributed by atoms with Crippen LogP contribution in [0, 0.1) is 0 Å². The number of carboxylic acid groups (broad SMARTS) is 1. The molecule has 1 aromatic heterocycles. The van der Waals surface area contributed by atoms with E-state index in [0.29, 0.717) is 10.9 Å². The smallest absolute Gasteiger partial charge is 0.357 e. The van der Waals surface area contributed by atoms with E-state index >= 15 is 0 Å². The number of hydrogen-bond acceptors (Lipinski definition) is 4. The molecule has 1 aromatic rings. The SMILES string of the molecule is CCCCC(CC)c1nc(C(=O)O)c(N)s1. The molecule has 16 heavy (non-hydrogen) atoms. The molecule has 0 saturated carbocycles. The molecular weight excluding hydrogens is 224 g/mol. The van der Waals surface area contributed by atoms with Gasteiger partial charge in [0, 0.05) is 5.92 Å². The van der Waals surface area contributed by atoms with Crippen molar-refractivity contribution in [2.45, 2.75) is 45.4 Å². The summed E-state index contributed by atoms with van der Waals surface area (Å²) >= 11 is 1.31. The molecule has 0 bridgehead atoms. The van der Waals surface area contributed by atoms with E-state index in [1.165, 1.54) is 11.3 Å². The minimum Gasteiger partial charge on any atom is -0.476 e. The average Bonchev–Trinajstić information content (AvgIpc) is 2.62. The van der Waals surface area contributed by atoms with Crippen molar-refractivity contribution in [3.63, 3.8) is 0 Å². The van der Waals surface area contributed by atoms with E-state index in [-0.39, 0.29) is 5.69 Å². The Morgan fingerprint density at radius 1 is 1.56 bits per heavy atom. The van der Waals surface area contributed by atoms with Gasteiger partial charge in [-0.05, 0) is 12.8 Å². The minimum absolute atomic E-state index is 0.00921. The highest BCUT2D eigenvalue weighted by atomic mass is 32.1. The van der Waals surface area contributed by atoms with Crippen molar-refractivity contribution in [2.24, 2.45) is 0 Å². The third-order valence-electron chi connectivity index (χ3n) is 2.62. The second-order valence-electron chi connectivity index (χ2n) is 3.82. The van der Waals surface area contributed by atoms with Crippen molar-refractivity contribution < 1.29 is 9.90 Å². The minimum atomic E-state index is -1.04. The van der Waals surface area contributed by atoms with Crippen LogP contribution in [-0.2, 0) is 0 Å². The van der Waals surface area contributed by atoms with Crippen molar-refractivity contribution >= 4 is 22.3 Å². The Kier molecular flexibility index (Phi) is 4.73. The molecule has 0 aliphatic carbocycles. The summed E-state index contributed by atoms with van der Waals surface area (Å²) < 4.78 is 0. The van der Waals surface area contributed by atoms with Crippen LogP contribution in [0.4, 0.5) is 5.00 Å². The van der Waals surface area contributed by atoms with Crippen LogP contribution in [0.2, 0.25) is 0 Å². The molecule has 0 aliphatic rings. The summed E-state index contributed by atoms with van der Waals surface area (Å²) in [4.78, 5) is 15.0. The maximum Gasteiger partial charge on any atom is 0.357 e. The molecule has 0 amide bonds. The van der Waals surface area contributed by atoms with Crippen molar-refractivity contribution in [1.29, 1.82) is 0 Å². The maximum atomic E-state index is 10.8. The molecule has 0 aromatic carbocycles. The zero-order chi connectivity index (χ0) is 12.1. The number of nitrogens with zero attached hydrogens (tertiary/aromatic N) is 1. The third kappa shape index (κ3) is 2.95. The number of anilines is 1. The normalized spacial score (nSPS) is 12.6. The van der Waals surface area contributed by atoms with Crippen LogP contribution in [0.1, 0.15) is 60.9 Å². The van der Waals surface area contributed by atoms with Crippen LogP contribution < -0.4 is 5.73 Å². The Hall–Kier alpha value is -1.10. The number of aromatic carboxylic acids is 1. The summed E-state index contributed by atoms with van der Waals surface area (Å²) in [5.41, 5.74) is 5.65. The Balaban J connectivity index is 2.85. The van der Waals surface area contributed by atoms with Crippen LogP contribution in [-0.4, -0.2) is 16.1 Å². The van der Waals surface area contributed by atoms with Gasteiger partial charge in [-0.2, -0.15) is 0 Å². The van der Waals surface area contributed by atoms with Gasteiger partial charge in [-0.3, -0.25) is 0 Å². The number of rotatable bonds is 6. The van der Waals surface area contributed by atoms with Crippen LogP contribution in [0.15, 0.2) is 0 Å². The Bertz CT molecular complexity index is 363. The van der Waals surface area contributed by atoms with Crippen LogP contribution in [0.25, 0.3) is 0 Å². The summed E-state index contributed by atoms with van der Waals surface area (Å²) in [7, 11) is 0. The molecule has 3 N–H and O–H groups in total. The highest BCUT2D eigenvalue weighted by molar-refractivity contribution is 7.16. The number of nitrogens with two attached hydrogens (primary N) is 1. The molecule has 0 radical (unpaired) electrons. The van der Waals surface area contributed by atoms with Gasteiger partial charge in [0.25, 0.3) is 0 Å². The molecule has 0 spiro atoms. The fourth-order valence-electron chi connectivity index (χ4n) is 1.63. The fourth-order valence-corrected chi connectivity index (χ4v) is 2.67. The Labute approximate surface area is 99.5 Å². The average molecular weight is 242 g/mol. The number of nitrogen functional groups attached to an aromatic ring is 1. The van der Waals surface area contributed by atoms with Crippen LogP contribution in [0.3, 0.4) is 0 Å². The summed E-state index contributed by atoms with van der Waals surface area (Å²) in [5, 5.41) is 10.1. The van der Waals surface area contributed by atoms with E-state index < -0.39 is 5.97 Å². The first-order valence-corrected chi connectivity index (χ1v) is 6.41. The lowest BCUT2D eigenvalue weighted by molar-refractivity contribution is 0.0692. The molecule has 0 fully saturated rings. The van der Waals surface area contributed by atoms with Crippen molar-refractivity contribution in [1.82, 2.24) is 4.98 Å². The third-order valence-corrected chi connectivity index (χ3v) is 3.67. The number of hydrogen-bond donors (Lipinski definition) is 2. The van der Waals surface area contributed by atoms with E-state index in [1.54, 1.807) is 0 Å². The molecule has 4 nitrogen and oxygen atoms in total. The molecule has 0 aliphatic heterocycles. The molecule has 1 rings (SSSR count). The van der Waals surface area contributed by atoms with Crippen molar-refractivity contribution in [3.05, 3.63) is 10.7 Å². The van der Waals surface area contributed by atoms with Gasteiger partial charge >= 0.3 is 5.97 Å². The fraction of sp³-hybridized carbons (Fsp3) is 0.636. The number of carboxylic acids is 1. The highest BCUT2D eigenvalue weighted by Gasteiger charge is 2.19. The zero-order valence-electron chi connectivity index (χ0n) is 9.69. The lowest BCUT2D eigenvalue weighted by Gasteiger charge is -2.10. The molecule has 1 heterocycles. The van der Waals surface area contributed by atoms with E-state index in [9.17, 15) is 4.79 Å². The maximum absolute atomic E-state index is 10.8. The van der Waals surface area contributed by atoms with E-state index in [4.69, 9.17) is 10.8 Å².